The number of halogens is 1. The Labute approximate surface area is 129 Å². The third-order valence-corrected chi connectivity index (χ3v) is 4.26. The molecule has 0 aromatic heterocycles. The normalized spacial score (nSPS) is 21.7. The Kier molecular flexibility index (Phi) is 4.22. The molecular weight excluding hydrogens is 290 g/mol. The first kappa shape index (κ1) is 14.5. The van der Waals surface area contributed by atoms with Crippen LogP contribution in [0, 0.1) is 0 Å². The topological polar surface area (TPSA) is 44.8 Å². The van der Waals surface area contributed by atoms with E-state index in [1.165, 1.54) is 0 Å². The number of ether oxygens (including phenoxy) is 1. The van der Waals surface area contributed by atoms with Crippen LogP contribution in [-0.4, -0.2) is 56.2 Å². The molecule has 2 aliphatic heterocycles. The van der Waals surface area contributed by atoms with Crippen molar-refractivity contribution in [2.75, 3.05) is 44.2 Å². The monoisotopic (exact) mass is 309 g/mol. The number of benzene rings is 1. The Morgan fingerprint density at radius 1 is 1.48 bits per heavy atom. The highest BCUT2D eigenvalue weighted by Gasteiger charge is 2.27. The number of hydrogen-bond donors (Lipinski definition) is 1. The third-order valence-electron chi connectivity index (χ3n) is 4.03. The van der Waals surface area contributed by atoms with Crippen LogP contribution in [0.25, 0.3) is 0 Å². The minimum atomic E-state index is 0.164. The van der Waals surface area contributed by atoms with Gasteiger partial charge in [-0.2, -0.15) is 0 Å². The summed E-state index contributed by atoms with van der Waals surface area (Å²) < 4.78 is 5.62. The lowest BCUT2D eigenvalue weighted by atomic mass is 10.2. The van der Waals surface area contributed by atoms with Crippen molar-refractivity contribution in [2.24, 2.45) is 0 Å². The van der Waals surface area contributed by atoms with Gasteiger partial charge in [-0.25, -0.2) is 0 Å². The van der Waals surface area contributed by atoms with Crippen LogP contribution in [0.1, 0.15) is 6.92 Å². The summed E-state index contributed by atoms with van der Waals surface area (Å²) in [6.45, 7) is 6.25. The number of rotatable bonds is 2. The molecule has 0 spiro atoms. The van der Waals surface area contributed by atoms with Gasteiger partial charge >= 0.3 is 0 Å². The molecule has 2 heterocycles. The first-order valence-corrected chi connectivity index (χ1v) is 7.70. The predicted molar refractivity (Wildman–Crippen MR) is 83.2 cm³/mol. The summed E-state index contributed by atoms with van der Waals surface area (Å²) in [5, 5.41) is 3.96. The first-order chi connectivity index (χ1) is 10.1. The van der Waals surface area contributed by atoms with Crippen LogP contribution >= 0.6 is 11.6 Å². The number of amides is 1. The first-order valence-electron chi connectivity index (χ1n) is 7.32. The molecule has 1 fully saturated rings. The van der Waals surface area contributed by atoms with E-state index in [1.54, 1.807) is 0 Å². The predicted octanol–water partition coefficient (Wildman–Crippen LogP) is 1.36. The van der Waals surface area contributed by atoms with Crippen LogP contribution in [0.2, 0.25) is 5.02 Å². The highest BCUT2D eigenvalue weighted by atomic mass is 35.5. The van der Waals surface area contributed by atoms with E-state index >= 15 is 0 Å². The van der Waals surface area contributed by atoms with Crippen molar-refractivity contribution >= 4 is 23.2 Å². The zero-order chi connectivity index (χ0) is 14.8. The molecule has 1 amide bonds. The van der Waals surface area contributed by atoms with Gasteiger partial charge in [0, 0.05) is 30.7 Å². The number of anilines is 1. The fourth-order valence-electron chi connectivity index (χ4n) is 2.88. The lowest BCUT2D eigenvalue weighted by Gasteiger charge is -2.37. The minimum Gasteiger partial charge on any atom is -0.490 e. The van der Waals surface area contributed by atoms with E-state index < -0.39 is 0 Å². The fourth-order valence-corrected chi connectivity index (χ4v) is 3.04. The molecule has 114 valence electrons. The minimum absolute atomic E-state index is 0.164. The van der Waals surface area contributed by atoms with E-state index in [4.69, 9.17) is 16.3 Å². The maximum Gasteiger partial charge on any atom is 0.242 e. The Hall–Kier alpha value is -1.46. The summed E-state index contributed by atoms with van der Waals surface area (Å²) in [4.78, 5) is 16.6. The Balaban J connectivity index is 1.74. The zero-order valence-electron chi connectivity index (χ0n) is 12.1. The highest BCUT2D eigenvalue weighted by Crippen LogP contribution is 2.33. The van der Waals surface area contributed by atoms with E-state index in [-0.39, 0.29) is 11.9 Å². The van der Waals surface area contributed by atoms with Gasteiger partial charge in [-0.1, -0.05) is 11.6 Å². The molecule has 0 bridgehead atoms. The number of fused-ring (bicyclic) bond motifs is 1. The van der Waals surface area contributed by atoms with E-state index in [9.17, 15) is 4.79 Å². The molecular formula is C15H20ClN3O2. The molecule has 2 aliphatic rings. The summed E-state index contributed by atoms with van der Waals surface area (Å²) in [6.07, 6.45) is 0. The molecule has 21 heavy (non-hydrogen) atoms. The van der Waals surface area contributed by atoms with Gasteiger partial charge in [0.25, 0.3) is 0 Å². The lowest BCUT2D eigenvalue weighted by molar-refractivity contribution is -0.132. The molecule has 1 N–H and O–H groups in total. The van der Waals surface area contributed by atoms with Crippen LogP contribution in [0.15, 0.2) is 18.2 Å². The second-order valence-electron chi connectivity index (χ2n) is 5.52. The fraction of sp³-hybridized carbons (Fsp3) is 0.533. The van der Waals surface area contributed by atoms with Gasteiger partial charge in [0.2, 0.25) is 5.91 Å². The van der Waals surface area contributed by atoms with Crippen LogP contribution in [0.5, 0.6) is 5.75 Å². The summed E-state index contributed by atoms with van der Waals surface area (Å²) in [5.74, 6) is 0.962. The second-order valence-corrected chi connectivity index (χ2v) is 5.96. The Bertz CT molecular complexity index is 538. The van der Waals surface area contributed by atoms with Crippen molar-refractivity contribution in [3.05, 3.63) is 23.2 Å². The second kappa shape index (κ2) is 6.12. The Morgan fingerprint density at radius 2 is 2.33 bits per heavy atom. The van der Waals surface area contributed by atoms with Crippen LogP contribution in [0.3, 0.4) is 0 Å². The van der Waals surface area contributed by atoms with Crippen LogP contribution < -0.4 is 15.0 Å². The van der Waals surface area contributed by atoms with Crippen molar-refractivity contribution in [2.45, 2.75) is 13.0 Å². The van der Waals surface area contributed by atoms with Gasteiger partial charge in [-0.3, -0.25) is 4.79 Å². The molecule has 1 atom stereocenters. The van der Waals surface area contributed by atoms with E-state index in [0.717, 1.165) is 31.1 Å². The van der Waals surface area contributed by atoms with Gasteiger partial charge in [-0.15, -0.1) is 0 Å². The number of carbonyl (C=O) groups excluding carboxylic acids is 1. The maximum absolute atomic E-state index is 12.6. The number of hydrogen-bond acceptors (Lipinski definition) is 4. The molecule has 0 radical (unpaired) electrons. The third kappa shape index (κ3) is 3.09. The Morgan fingerprint density at radius 3 is 3.14 bits per heavy atom. The molecule has 1 saturated heterocycles. The molecule has 6 heteroatoms. The van der Waals surface area contributed by atoms with Crippen molar-refractivity contribution in [3.8, 4) is 5.75 Å². The smallest absolute Gasteiger partial charge is 0.242 e. The maximum atomic E-state index is 12.6. The zero-order valence-corrected chi connectivity index (χ0v) is 12.9. The largest absolute Gasteiger partial charge is 0.490 e. The number of piperazine rings is 1. The SMILES string of the molecule is C[C@H]1CNCCN1C(=O)CN1CCOc2ccc(Cl)cc21. The van der Waals surface area contributed by atoms with Crippen LogP contribution in [-0.2, 0) is 4.79 Å². The van der Waals surface area contributed by atoms with Gasteiger partial charge in [0.05, 0.1) is 18.8 Å². The summed E-state index contributed by atoms with van der Waals surface area (Å²) in [6, 6.07) is 5.78. The average Bonchev–Trinajstić information content (AvgIpc) is 2.48. The van der Waals surface area contributed by atoms with Crippen molar-refractivity contribution in [1.29, 1.82) is 0 Å². The quantitative estimate of drug-likeness (QED) is 0.896. The molecule has 0 unspecified atom stereocenters. The lowest BCUT2D eigenvalue weighted by Crippen LogP contribution is -2.55. The number of nitrogens with one attached hydrogen (secondary N) is 1. The van der Waals surface area contributed by atoms with Crippen molar-refractivity contribution in [3.63, 3.8) is 0 Å². The van der Waals surface area contributed by atoms with E-state index in [2.05, 4.69) is 17.1 Å². The van der Waals surface area contributed by atoms with Gasteiger partial charge in [0.1, 0.15) is 12.4 Å². The van der Waals surface area contributed by atoms with E-state index in [0.29, 0.717) is 24.7 Å². The van der Waals surface area contributed by atoms with Crippen molar-refractivity contribution in [1.82, 2.24) is 10.2 Å². The molecule has 0 aliphatic carbocycles. The molecule has 1 aromatic carbocycles. The average molecular weight is 310 g/mol. The molecule has 3 rings (SSSR count). The number of nitrogens with zero attached hydrogens (tertiary/aromatic N) is 2. The molecule has 5 nitrogen and oxygen atoms in total. The van der Waals surface area contributed by atoms with E-state index in [1.807, 2.05) is 23.1 Å². The van der Waals surface area contributed by atoms with Gasteiger partial charge in [0.15, 0.2) is 0 Å². The molecule has 1 aromatic rings. The number of carbonyl (C=O) groups is 1. The van der Waals surface area contributed by atoms with Gasteiger partial charge in [-0.05, 0) is 25.1 Å². The summed E-state index contributed by atoms with van der Waals surface area (Å²) in [5.41, 5.74) is 0.907. The summed E-state index contributed by atoms with van der Waals surface area (Å²) in [7, 11) is 0. The van der Waals surface area contributed by atoms with Crippen molar-refractivity contribution < 1.29 is 9.53 Å². The summed E-state index contributed by atoms with van der Waals surface area (Å²) >= 11 is 6.06. The van der Waals surface area contributed by atoms with Crippen LogP contribution in [0.4, 0.5) is 5.69 Å². The highest BCUT2D eigenvalue weighted by molar-refractivity contribution is 6.31. The van der Waals surface area contributed by atoms with Gasteiger partial charge < -0.3 is 19.9 Å². The molecule has 0 saturated carbocycles. The standard InChI is InChI=1S/C15H20ClN3O2/c1-11-9-17-4-5-19(11)15(20)10-18-6-7-21-14-3-2-12(16)8-13(14)18/h2-3,8,11,17H,4-7,9-10H2,1H3/t11-/m0/s1.